The molecule has 1 saturated heterocycles. The van der Waals surface area contributed by atoms with Crippen molar-refractivity contribution in [2.45, 2.75) is 6.42 Å². The highest BCUT2D eigenvalue weighted by atomic mass is 16.5. The van der Waals surface area contributed by atoms with Gasteiger partial charge < -0.3 is 14.8 Å². The Morgan fingerprint density at radius 3 is 2.55 bits per heavy atom. The summed E-state index contributed by atoms with van der Waals surface area (Å²) in [4.78, 5) is 25.5. The van der Waals surface area contributed by atoms with Gasteiger partial charge in [0.05, 0.1) is 33.4 Å². The first kappa shape index (κ1) is 16.3. The first-order valence-electron chi connectivity index (χ1n) is 7.18. The second kappa shape index (κ2) is 8.35. The molecule has 0 bridgehead atoms. The Kier molecular flexibility index (Phi) is 6.17. The number of urea groups is 1. The van der Waals surface area contributed by atoms with Gasteiger partial charge in [-0.1, -0.05) is 12.1 Å². The SMILES string of the molecule is COc1ccc(CC(=O)NC(=O)NCN2CCOCC2)cc1. The lowest BCUT2D eigenvalue weighted by Crippen LogP contribution is -2.48. The minimum Gasteiger partial charge on any atom is -0.497 e. The number of hydrogen-bond acceptors (Lipinski definition) is 5. The molecule has 7 heteroatoms. The zero-order valence-corrected chi connectivity index (χ0v) is 12.6. The normalized spacial score (nSPS) is 15.1. The minimum absolute atomic E-state index is 0.148. The average molecular weight is 307 g/mol. The second-order valence-electron chi connectivity index (χ2n) is 4.97. The molecule has 1 aromatic rings. The van der Waals surface area contributed by atoms with Crippen LogP contribution in [0.2, 0.25) is 0 Å². The standard InChI is InChI=1S/C15H21N3O4/c1-21-13-4-2-12(3-5-13)10-14(19)17-15(20)16-11-18-6-8-22-9-7-18/h2-5H,6-11H2,1H3,(H2,16,17,19,20). The van der Waals surface area contributed by atoms with Gasteiger partial charge in [-0.05, 0) is 17.7 Å². The Hall–Kier alpha value is -2.12. The molecule has 22 heavy (non-hydrogen) atoms. The van der Waals surface area contributed by atoms with Gasteiger partial charge in [-0.3, -0.25) is 15.0 Å². The van der Waals surface area contributed by atoms with E-state index in [1.807, 2.05) is 0 Å². The molecule has 0 radical (unpaired) electrons. The van der Waals surface area contributed by atoms with E-state index in [9.17, 15) is 9.59 Å². The highest BCUT2D eigenvalue weighted by Gasteiger charge is 2.12. The second-order valence-corrected chi connectivity index (χ2v) is 4.97. The minimum atomic E-state index is -0.481. The monoisotopic (exact) mass is 307 g/mol. The molecule has 1 aliphatic heterocycles. The van der Waals surface area contributed by atoms with Crippen LogP contribution in [0, 0.1) is 0 Å². The lowest BCUT2D eigenvalue weighted by Gasteiger charge is -2.26. The number of nitrogens with one attached hydrogen (secondary N) is 2. The summed E-state index contributed by atoms with van der Waals surface area (Å²) >= 11 is 0. The zero-order chi connectivity index (χ0) is 15.8. The summed E-state index contributed by atoms with van der Waals surface area (Å²) in [6.45, 7) is 3.30. The summed E-state index contributed by atoms with van der Waals surface area (Å²) in [7, 11) is 1.58. The maximum Gasteiger partial charge on any atom is 0.322 e. The molecule has 2 rings (SSSR count). The van der Waals surface area contributed by atoms with Crippen molar-refractivity contribution in [1.82, 2.24) is 15.5 Å². The maximum absolute atomic E-state index is 11.8. The molecule has 1 aliphatic rings. The molecule has 1 fully saturated rings. The van der Waals surface area contributed by atoms with Crippen LogP contribution in [-0.4, -0.2) is 56.9 Å². The number of ether oxygens (including phenoxy) is 2. The number of morpholine rings is 1. The largest absolute Gasteiger partial charge is 0.497 e. The third kappa shape index (κ3) is 5.34. The third-order valence-electron chi connectivity index (χ3n) is 3.34. The number of carbonyl (C=O) groups is 2. The fraction of sp³-hybridized carbons (Fsp3) is 0.467. The fourth-order valence-corrected chi connectivity index (χ4v) is 2.09. The Bertz CT molecular complexity index is 498. The summed E-state index contributed by atoms with van der Waals surface area (Å²) in [5.41, 5.74) is 0.819. The van der Waals surface area contributed by atoms with Crippen LogP contribution in [0.4, 0.5) is 4.79 Å². The van der Waals surface area contributed by atoms with E-state index in [2.05, 4.69) is 15.5 Å². The maximum atomic E-state index is 11.8. The molecule has 1 heterocycles. The first-order chi connectivity index (χ1) is 10.7. The Morgan fingerprint density at radius 1 is 1.23 bits per heavy atom. The quantitative estimate of drug-likeness (QED) is 0.821. The predicted octanol–water partition coefficient (Wildman–Crippen LogP) is 0.353. The van der Waals surface area contributed by atoms with E-state index in [0.717, 1.165) is 24.4 Å². The molecule has 3 amide bonds. The average Bonchev–Trinajstić information content (AvgIpc) is 2.54. The molecule has 0 aliphatic carbocycles. The number of carbonyl (C=O) groups excluding carboxylic acids is 2. The molecule has 0 saturated carbocycles. The van der Waals surface area contributed by atoms with Crippen molar-refractivity contribution >= 4 is 11.9 Å². The summed E-state index contributed by atoms with van der Waals surface area (Å²) in [6.07, 6.45) is 0.148. The van der Waals surface area contributed by atoms with Crippen LogP contribution < -0.4 is 15.4 Å². The lowest BCUT2D eigenvalue weighted by molar-refractivity contribution is -0.119. The van der Waals surface area contributed by atoms with Gasteiger partial charge in [0.1, 0.15) is 5.75 Å². The number of amides is 3. The smallest absolute Gasteiger partial charge is 0.322 e. The van der Waals surface area contributed by atoms with Crippen molar-refractivity contribution in [2.75, 3.05) is 40.1 Å². The lowest BCUT2D eigenvalue weighted by atomic mass is 10.1. The molecule has 2 N–H and O–H groups in total. The van der Waals surface area contributed by atoms with Gasteiger partial charge in [0, 0.05) is 13.1 Å². The molecular weight excluding hydrogens is 286 g/mol. The zero-order valence-electron chi connectivity index (χ0n) is 12.6. The molecule has 7 nitrogen and oxygen atoms in total. The fourth-order valence-electron chi connectivity index (χ4n) is 2.09. The van der Waals surface area contributed by atoms with Gasteiger partial charge in [0.15, 0.2) is 0 Å². The molecule has 0 atom stereocenters. The summed E-state index contributed by atoms with van der Waals surface area (Å²) < 4.78 is 10.3. The van der Waals surface area contributed by atoms with Crippen LogP contribution in [-0.2, 0) is 16.0 Å². The van der Waals surface area contributed by atoms with E-state index in [1.54, 1.807) is 31.4 Å². The number of nitrogens with zero attached hydrogens (tertiary/aromatic N) is 1. The summed E-state index contributed by atoms with van der Waals surface area (Å²) in [5.74, 6) is 0.386. The van der Waals surface area contributed by atoms with Crippen molar-refractivity contribution in [3.63, 3.8) is 0 Å². The molecule has 0 spiro atoms. The van der Waals surface area contributed by atoms with E-state index >= 15 is 0 Å². The number of rotatable bonds is 5. The van der Waals surface area contributed by atoms with Crippen LogP contribution in [0.1, 0.15) is 5.56 Å². The highest BCUT2D eigenvalue weighted by Crippen LogP contribution is 2.11. The third-order valence-corrected chi connectivity index (χ3v) is 3.34. The summed E-state index contributed by atoms with van der Waals surface area (Å²) in [6, 6.07) is 6.67. The van der Waals surface area contributed by atoms with Crippen LogP contribution in [0.5, 0.6) is 5.75 Å². The van der Waals surface area contributed by atoms with Gasteiger partial charge in [-0.25, -0.2) is 4.79 Å². The van der Waals surface area contributed by atoms with Crippen molar-refractivity contribution in [2.24, 2.45) is 0 Å². The molecule has 0 aromatic heterocycles. The Morgan fingerprint density at radius 2 is 1.91 bits per heavy atom. The highest BCUT2D eigenvalue weighted by molar-refractivity contribution is 5.95. The van der Waals surface area contributed by atoms with Crippen molar-refractivity contribution in [3.8, 4) is 5.75 Å². The summed E-state index contributed by atoms with van der Waals surface area (Å²) in [5, 5.41) is 4.99. The Balaban J connectivity index is 1.69. The molecule has 1 aromatic carbocycles. The van der Waals surface area contributed by atoms with Gasteiger partial charge in [-0.2, -0.15) is 0 Å². The van der Waals surface area contributed by atoms with E-state index in [-0.39, 0.29) is 12.3 Å². The topological polar surface area (TPSA) is 79.9 Å². The number of methoxy groups -OCH3 is 1. The van der Waals surface area contributed by atoms with Crippen LogP contribution in [0.25, 0.3) is 0 Å². The molecule has 0 unspecified atom stereocenters. The Labute approximate surface area is 129 Å². The van der Waals surface area contributed by atoms with E-state index < -0.39 is 6.03 Å². The van der Waals surface area contributed by atoms with Gasteiger partial charge >= 0.3 is 6.03 Å². The van der Waals surface area contributed by atoms with Crippen LogP contribution >= 0.6 is 0 Å². The number of hydrogen-bond donors (Lipinski definition) is 2. The first-order valence-corrected chi connectivity index (χ1v) is 7.18. The van der Waals surface area contributed by atoms with Gasteiger partial charge in [0.25, 0.3) is 0 Å². The van der Waals surface area contributed by atoms with E-state index in [0.29, 0.717) is 19.9 Å². The number of benzene rings is 1. The van der Waals surface area contributed by atoms with Crippen molar-refractivity contribution < 1.29 is 19.1 Å². The van der Waals surface area contributed by atoms with Crippen molar-refractivity contribution in [1.29, 1.82) is 0 Å². The molecular formula is C15H21N3O4. The van der Waals surface area contributed by atoms with Crippen LogP contribution in [0.3, 0.4) is 0 Å². The van der Waals surface area contributed by atoms with Crippen LogP contribution in [0.15, 0.2) is 24.3 Å². The van der Waals surface area contributed by atoms with Crippen molar-refractivity contribution in [3.05, 3.63) is 29.8 Å². The van der Waals surface area contributed by atoms with Gasteiger partial charge in [-0.15, -0.1) is 0 Å². The number of imide groups is 1. The molecule has 120 valence electrons. The predicted molar refractivity (Wildman–Crippen MR) is 80.6 cm³/mol. The van der Waals surface area contributed by atoms with Gasteiger partial charge in [0.2, 0.25) is 5.91 Å². The van der Waals surface area contributed by atoms with E-state index in [1.165, 1.54) is 0 Å². The van der Waals surface area contributed by atoms with E-state index in [4.69, 9.17) is 9.47 Å².